The van der Waals surface area contributed by atoms with E-state index in [0.29, 0.717) is 0 Å². The molecule has 1 rings (SSSR count). The van der Waals surface area contributed by atoms with E-state index < -0.39 is 22.8 Å². The van der Waals surface area contributed by atoms with Crippen LogP contribution in [0.1, 0.15) is 11.7 Å². The third-order valence-corrected chi connectivity index (χ3v) is 1.88. The van der Waals surface area contributed by atoms with Crippen LogP contribution in [0, 0.1) is 10.1 Å². The van der Waals surface area contributed by atoms with Crippen molar-refractivity contribution in [1.82, 2.24) is 0 Å². The molecule has 0 aliphatic heterocycles. The number of non-ortho nitro benzene ring substituents is 1. The van der Waals surface area contributed by atoms with E-state index in [0.717, 1.165) is 24.3 Å². The van der Waals surface area contributed by atoms with Crippen LogP contribution in [0.25, 0.3) is 0 Å². The van der Waals surface area contributed by atoms with Gasteiger partial charge in [0.05, 0.1) is 4.92 Å². The molecule has 0 radical (unpaired) electrons. The van der Waals surface area contributed by atoms with Crippen LogP contribution in [-0.4, -0.2) is 26.9 Å². The summed E-state index contributed by atoms with van der Waals surface area (Å²) in [6, 6.07) is 4.41. The summed E-state index contributed by atoms with van der Waals surface area (Å²) in [6.45, 7) is 0. The minimum absolute atomic E-state index is 0.00185. The van der Waals surface area contributed by atoms with Gasteiger partial charge in [-0.05, 0) is 17.7 Å². The normalized spacial score (nSPS) is 11.8. The zero-order chi connectivity index (χ0) is 12.3. The van der Waals surface area contributed by atoms with Crippen molar-refractivity contribution in [2.24, 2.45) is 0 Å². The molecule has 7 nitrogen and oxygen atoms in total. The Bertz CT molecular complexity index is 438. The number of benzene rings is 1. The highest BCUT2D eigenvalue weighted by molar-refractivity contribution is 6.34. The van der Waals surface area contributed by atoms with Gasteiger partial charge in [-0.25, -0.2) is 4.79 Å². The second kappa shape index (κ2) is 4.49. The van der Waals surface area contributed by atoms with Gasteiger partial charge in [-0.3, -0.25) is 14.9 Å². The zero-order valence-corrected chi connectivity index (χ0v) is 7.86. The summed E-state index contributed by atoms with van der Waals surface area (Å²) in [4.78, 5) is 30.8. The second-order valence-corrected chi connectivity index (χ2v) is 2.92. The number of nitro benzene ring substituents is 1. The van der Waals surface area contributed by atoms with Crippen molar-refractivity contribution in [2.75, 3.05) is 0 Å². The number of carboxylic acids is 1. The van der Waals surface area contributed by atoms with Crippen molar-refractivity contribution in [3.63, 3.8) is 0 Å². The first kappa shape index (κ1) is 11.8. The van der Waals surface area contributed by atoms with Gasteiger partial charge in [0.15, 0.2) is 0 Å². The molecule has 7 heteroatoms. The maximum atomic E-state index is 10.9. The van der Waals surface area contributed by atoms with Crippen LogP contribution in [-0.2, 0) is 9.59 Å². The number of carbonyl (C=O) groups excluding carboxylic acids is 1. The van der Waals surface area contributed by atoms with Crippen molar-refractivity contribution in [3.8, 4) is 0 Å². The second-order valence-electron chi connectivity index (χ2n) is 2.92. The van der Waals surface area contributed by atoms with Crippen LogP contribution in [0.5, 0.6) is 0 Å². The number of ketones is 1. The minimum atomic E-state index is -1.81. The largest absolute Gasteiger partial charge is 0.475 e. The van der Waals surface area contributed by atoms with Gasteiger partial charge in [0, 0.05) is 12.1 Å². The highest BCUT2D eigenvalue weighted by Gasteiger charge is 2.24. The average molecular weight is 225 g/mol. The maximum Gasteiger partial charge on any atom is 0.375 e. The van der Waals surface area contributed by atoms with Crippen LogP contribution < -0.4 is 0 Å². The third kappa shape index (κ3) is 2.39. The number of hydrogen-bond donors (Lipinski definition) is 2. The summed E-state index contributed by atoms with van der Waals surface area (Å²) in [5, 5.41) is 27.9. The first-order valence-corrected chi connectivity index (χ1v) is 4.13. The molecular weight excluding hydrogens is 218 g/mol. The number of carbonyl (C=O) groups is 2. The van der Waals surface area contributed by atoms with Gasteiger partial charge in [-0.2, -0.15) is 0 Å². The highest BCUT2D eigenvalue weighted by atomic mass is 16.6. The molecule has 16 heavy (non-hydrogen) atoms. The Labute approximate surface area is 89.1 Å². The molecule has 84 valence electrons. The number of nitrogens with zero attached hydrogens (tertiary/aromatic N) is 1. The van der Waals surface area contributed by atoms with Crippen LogP contribution >= 0.6 is 0 Å². The van der Waals surface area contributed by atoms with Crippen molar-refractivity contribution in [1.29, 1.82) is 0 Å². The number of Topliss-reactive ketones (excluding diaryl/α,β-unsaturated/α-hetero) is 1. The number of carboxylic acid groups (broad SMARTS) is 1. The molecule has 0 spiro atoms. The summed E-state index contributed by atoms with van der Waals surface area (Å²) in [5.41, 5.74) is -0.211. The Balaban J connectivity index is 2.94. The lowest BCUT2D eigenvalue weighted by molar-refractivity contribution is -0.384. The van der Waals surface area contributed by atoms with Crippen LogP contribution in [0.4, 0.5) is 5.69 Å². The molecule has 1 unspecified atom stereocenters. The molecule has 0 fully saturated rings. The molecular formula is C9H7NO6. The molecule has 1 aromatic rings. The first-order valence-electron chi connectivity index (χ1n) is 4.13. The number of nitro groups is 1. The quantitative estimate of drug-likeness (QED) is 0.431. The number of aliphatic hydroxyl groups is 1. The van der Waals surface area contributed by atoms with Crippen molar-refractivity contribution in [3.05, 3.63) is 39.9 Å². The standard InChI is InChI=1S/C9H7NO6/c11-7(8(12)9(13)14)5-1-3-6(4-2-5)10(15)16/h1-4,7,11H,(H,13,14). The van der Waals surface area contributed by atoms with E-state index in [9.17, 15) is 24.8 Å². The Kier molecular flexibility index (Phi) is 3.31. The van der Waals surface area contributed by atoms with Gasteiger partial charge in [0.1, 0.15) is 6.10 Å². The number of aliphatic carboxylic acids is 1. The van der Waals surface area contributed by atoms with E-state index in [1.54, 1.807) is 0 Å². The lowest BCUT2D eigenvalue weighted by atomic mass is 10.1. The topological polar surface area (TPSA) is 118 Å². The maximum absolute atomic E-state index is 10.9. The molecule has 0 aromatic heterocycles. The summed E-state index contributed by atoms with van der Waals surface area (Å²) in [5.74, 6) is -3.14. The fraction of sp³-hybridized carbons (Fsp3) is 0.111. The fourth-order valence-corrected chi connectivity index (χ4v) is 1.05. The monoisotopic (exact) mass is 225 g/mol. The summed E-state index contributed by atoms with van der Waals surface area (Å²) in [6.07, 6.45) is -1.81. The van der Waals surface area contributed by atoms with Gasteiger partial charge in [0.25, 0.3) is 11.5 Å². The lowest BCUT2D eigenvalue weighted by Crippen LogP contribution is -2.21. The van der Waals surface area contributed by atoms with Gasteiger partial charge >= 0.3 is 5.97 Å². The van der Waals surface area contributed by atoms with Crippen molar-refractivity contribution >= 4 is 17.4 Å². The highest BCUT2D eigenvalue weighted by Crippen LogP contribution is 2.18. The van der Waals surface area contributed by atoms with Crippen LogP contribution in [0.15, 0.2) is 24.3 Å². The summed E-state index contributed by atoms with van der Waals surface area (Å²) >= 11 is 0. The van der Waals surface area contributed by atoms with E-state index in [1.807, 2.05) is 0 Å². The van der Waals surface area contributed by atoms with Crippen molar-refractivity contribution < 1.29 is 24.7 Å². The molecule has 1 aromatic carbocycles. The van der Waals surface area contributed by atoms with Gasteiger partial charge in [-0.15, -0.1) is 0 Å². The average Bonchev–Trinajstić information content (AvgIpc) is 2.27. The Hall–Kier alpha value is -2.28. The first-order chi connectivity index (χ1) is 7.43. The van der Waals surface area contributed by atoms with E-state index >= 15 is 0 Å². The molecule has 0 saturated carbocycles. The number of aliphatic hydroxyl groups excluding tert-OH is 1. The molecule has 2 N–H and O–H groups in total. The Morgan fingerprint density at radius 3 is 2.12 bits per heavy atom. The van der Waals surface area contributed by atoms with E-state index in [2.05, 4.69) is 0 Å². The van der Waals surface area contributed by atoms with E-state index in [4.69, 9.17) is 5.11 Å². The molecule has 0 heterocycles. The van der Waals surface area contributed by atoms with Crippen LogP contribution in [0.2, 0.25) is 0 Å². The van der Waals surface area contributed by atoms with Gasteiger partial charge in [-0.1, -0.05) is 0 Å². The Morgan fingerprint density at radius 2 is 1.75 bits per heavy atom. The SMILES string of the molecule is O=C(O)C(=O)C(O)c1ccc([N+](=O)[O-])cc1. The molecule has 0 aliphatic rings. The molecule has 1 atom stereocenters. The summed E-state index contributed by atoms with van der Waals surface area (Å²) < 4.78 is 0. The predicted molar refractivity (Wildman–Crippen MR) is 50.7 cm³/mol. The van der Waals surface area contributed by atoms with Gasteiger partial charge in [0.2, 0.25) is 0 Å². The van der Waals surface area contributed by atoms with E-state index in [-0.39, 0.29) is 11.3 Å². The fourth-order valence-electron chi connectivity index (χ4n) is 1.05. The van der Waals surface area contributed by atoms with E-state index in [1.165, 1.54) is 0 Å². The zero-order valence-electron chi connectivity index (χ0n) is 7.86. The molecule has 0 amide bonds. The molecule has 0 bridgehead atoms. The minimum Gasteiger partial charge on any atom is -0.475 e. The Morgan fingerprint density at radius 1 is 1.25 bits per heavy atom. The summed E-state index contributed by atoms with van der Waals surface area (Å²) in [7, 11) is 0. The number of hydrogen-bond acceptors (Lipinski definition) is 5. The van der Waals surface area contributed by atoms with Crippen molar-refractivity contribution in [2.45, 2.75) is 6.10 Å². The number of rotatable bonds is 4. The van der Waals surface area contributed by atoms with Crippen LogP contribution in [0.3, 0.4) is 0 Å². The lowest BCUT2D eigenvalue weighted by Gasteiger charge is -2.05. The van der Waals surface area contributed by atoms with Gasteiger partial charge < -0.3 is 10.2 Å². The predicted octanol–water partition coefficient (Wildman–Crippen LogP) is 0.282. The molecule has 0 saturated heterocycles. The molecule has 0 aliphatic carbocycles. The smallest absolute Gasteiger partial charge is 0.375 e. The third-order valence-electron chi connectivity index (χ3n) is 1.88.